The lowest BCUT2D eigenvalue weighted by molar-refractivity contribution is -0.384. The van der Waals surface area contributed by atoms with E-state index in [1.807, 2.05) is 0 Å². The maximum atomic E-state index is 12.9. The van der Waals surface area contributed by atoms with E-state index >= 15 is 0 Å². The summed E-state index contributed by atoms with van der Waals surface area (Å²) in [5.41, 5.74) is 1.10. The molecule has 0 fully saturated rings. The molecule has 0 saturated carbocycles. The van der Waals surface area contributed by atoms with Crippen LogP contribution in [0.4, 0.5) is 11.4 Å². The van der Waals surface area contributed by atoms with Gasteiger partial charge in [-0.05, 0) is 30.7 Å². The highest BCUT2D eigenvalue weighted by molar-refractivity contribution is 5.99. The minimum atomic E-state index is -1.28. The molecule has 3 rings (SSSR count). The summed E-state index contributed by atoms with van der Waals surface area (Å²) in [5.74, 6) is -1.41. The SMILES string of the molecule is Cc1ccc(NC(=O)[C@@H](OC(=O)c2ccc[nH]2)c2ccccc2)c([N+](=O)[O-])c1. The highest BCUT2D eigenvalue weighted by Crippen LogP contribution is 2.28. The fraction of sp³-hybridized carbons (Fsp3) is 0.100. The van der Waals surface area contributed by atoms with E-state index in [9.17, 15) is 19.7 Å². The largest absolute Gasteiger partial charge is 0.443 e. The monoisotopic (exact) mass is 379 g/mol. The number of nitro groups is 1. The molecule has 0 saturated heterocycles. The Kier molecular flexibility index (Phi) is 5.50. The average molecular weight is 379 g/mol. The van der Waals surface area contributed by atoms with E-state index in [-0.39, 0.29) is 17.1 Å². The Morgan fingerprint density at radius 1 is 1.11 bits per heavy atom. The van der Waals surface area contributed by atoms with Crippen molar-refractivity contribution in [2.24, 2.45) is 0 Å². The van der Waals surface area contributed by atoms with Crippen molar-refractivity contribution in [3.05, 3.63) is 93.8 Å². The van der Waals surface area contributed by atoms with E-state index in [1.54, 1.807) is 55.6 Å². The standard InChI is InChI=1S/C20H17N3O5/c1-13-9-10-15(17(12-13)23(26)27)22-19(24)18(14-6-3-2-4-7-14)28-20(25)16-8-5-11-21-16/h2-12,18,21H,1H3,(H,22,24)/t18-/m0/s1. The van der Waals surface area contributed by atoms with Crippen LogP contribution in [-0.4, -0.2) is 21.8 Å². The van der Waals surface area contributed by atoms with Gasteiger partial charge in [-0.15, -0.1) is 0 Å². The molecule has 0 aliphatic rings. The molecule has 2 aromatic carbocycles. The van der Waals surface area contributed by atoms with E-state index < -0.39 is 22.9 Å². The zero-order valence-electron chi connectivity index (χ0n) is 14.9. The van der Waals surface area contributed by atoms with E-state index in [0.29, 0.717) is 11.1 Å². The summed E-state index contributed by atoms with van der Waals surface area (Å²) in [6.45, 7) is 1.71. The molecule has 1 atom stereocenters. The third kappa shape index (κ3) is 4.24. The second kappa shape index (κ2) is 8.17. The summed E-state index contributed by atoms with van der Waals surface area (Å²) in [4.78, 5) is 38.6. The van der Waals surface area contributed by atoms with Crippen molar-refractivity contribution >= 4 is 23.3 Å². The van der Waals surface area contributed by atoms with Crippen LogP contribution in [0.15, 0.2) is 66.9 Å². The number of anilines is 1. The molecule has 28 heavy (non-hydrogen) atoms. The Balaban J connectivity index is 1.89. The van der Waals surface area contributed by atoms with E-state index in [2.05, 4.69) is 10.3 Å². The van der Waals surface area contributed by atoms with Gasteiger partial charge in [0, 0.05) is 17.8 Å². The highest BCUT2D eigenvalue weighted by atomic mass is 16.6. The second-order valence-electron chi connectivity index (χ2n) is 6.05. The van der Waals surface area contributed by atoms with Crippen LogP contribution in [0.5, 0.6) is 0 Å². The molecule has 0 bridgehead atoms. The van der Waals surface area contributed by atoms with Crippen molar-refractivity contribution in [3.63, 3.8) is 0 Å². The molecule has 0 spiro atoms. The van der Waals surface area contributed by atoms with Crippen LogP contribution in [0.1, 0.15) is 27.7 Å². The van der Waals surface area contributed by atoms with E-state index in [0.717, 1.165) is 0 Å². The molecule has 8 heteroatoms. The van der Waals surface area contributed by atoms with Crippen LogP contribution in [-0.2, 0) is 9.53 Å². The number of nitrogens with zero attached hydrogens (tertiary/aromatic N) is 1. The zero-order chi connectivity index (χ0) is 20.1. The second-order valence-corrected chi connectivity index (χ2v) is 6.05. The molecular weight excluding hydrogens is 362 g/mol. The normalized spacial score (nSPS) is 11.5. The predicted octanol–water partition coefficient (Wildman–Crippen LogP) is 3.77. The summed E-state index contributed by atoms with van der Waals surface area (Å²) in [5, 5.41) is 13.8. The first-order chi connectivity index (χ1) is 13.5. The molecule has 1 aromatic heterocycles. The number of aryl methyl sites for hydroxylation is 1. The maximum absolute atomic E-state index is 12.9. The number of aromatic amines is 1. The van der Waals surface area contributed by atoms with Crippen molar-refractivity contribution in [2.45, 2.75) is 13.0 Å². The molecular formula is C20H17N3O5. The highest BCUT2D eigenvalue weighted by Gasteiger charge is 2.28. The van der Waals surface area contributed by atoms with Crippen LogP contribution in [0.2, 0.25) is 0 Å². The molecule has 0 unspecified atom stereocenters. The number of rotatable bonds is 6. The van der Waals surface area contributed by atoms with Crippen molar-refractivity contribution < 1.29 is 19.2 Å². The predicted molar refractivity (Wildman–Crippen MR) is 102 cm³/mol. The van der Waals surface area contributed by atoms with Crippen molar-refractivity contribution in [2.75, 3.05) is 5.32 Å². The van der Waals surface area contributed by atoms with Crippen LogP contribution < -0.4 is 5.32 Å². The van der Waals surface area contributed by atoms with Crippen LogP contribution in [0.25, 0.3) is 0 Å². The number of hydrogen-bond donors (Lipinski definition) is 2. The number of hydrogen-bond acceptors (Lipinski definition) is 5. The van der Waals surface area contributed by atoms with Gasteiger partial charge in [-0.25, -0.2) is 4.79 Å². The van der Waals surface area contributed by atoms with Crippen molar-refractivity contribution in [3.8, 4) is 0 Å². The smallest absolute Gasteiger partial charge is 0.355 e. The Morgan fingerprint density at radius 2 is 1.86 bits per heavy atom. The molecule has 0 radical (unpaired) electrons. The van der Waals surface area contributed by atoms with Gasteiger partial charge in [0.25, 0.3) is 11.6 Å². The molecule has 0 aliphatic carbocycles. The van der Waals surface area contributed by atoms with Crippen LogP contribution in [0, 0.1) is 17.0 Å². The van der Waals surface area contributed by atoms with Gasteiger partial charge in [-0.1, -0.05) is 36.4 Å². The number of carbonyl (C=O) groups is 2. The lowest BCUT2D eigenvalue weighted by atomic mass is 10.1. The number of ether oxygens (including phenoxy) is 1. The molecule has 3 aromatic rings. The minimum Gasteiger partial charge on any atom is -0.443 e. The Hall–Kier alpha value is -3.94. The fourth-order valence-electron chi connectivity index (χ4n) is 2.63. The molecule has 2 N–H and O–H groups in total. The summed E-state index contributed by atoms with van der Waals surface area (Å²) in [6, 6.07) is 16.0. The number of aromatic nitrogens is 1. The van der Waals surface area contributed by atoms with Crippen LogP contribution in [0.3, 0.4) is 0 Å². The molecule has 1 heterocycles. The van der Waals surface area contributed by atoms with Gasteiger partial charge in [0.05, 0.1) is 4.92 Å². The third-order valence-electron chi connectivity index (χ3n) is 3.99. The average Bonchev–Trinajstić information content (AvgIpc) is 3.22. The fourth-order valence-corrected chi connectivity index (χ4v) is 2.63. The van der Waals surface area contributed by atoms with Gasteiger partial charge in [-0.3, -0.25) is 14.9 Å². The first-order valence-corrected chi connectivity index (χ1v) is 8.41. The number of H-pyrrole nitrogens is 1. The van der Waals surface area contributed by atoms with Crippen molar-refractivity contribution in [1.29, 1.82) is 0 Å². The molecule has 1 amide bonds. The van der Waals surface area contributed by atoms with E-state index in [1.165, 1.54) is 18.2 Å². The Morgan fingerprint density at radius 3 is 2.50 bits per heavy atom. The first-order valence-electron chi connectivity index (χ1n) is 8.41. The lowest BCUT2D eigenvalue weighted by Crippen LogP contribution is -2.26. The number of benzene rings is 2. The van der Waals surface area contributed by atoms with Gasteiger partial charge in [0.15, 0.2) is 0 Å². The molecule has 0 aliphatic heterocycles. The summed E-state index contributed by atoms with van der Waals surface area (Å²) >= 11 is 0. The minimum absolute atomic E-state index is 0.0254. The Bertz CT molecular complexity index is 1000. The summed E-state index contributed by atoms with van der Waals surface area (Å²) in [7, 11) is 0. The van der Waals surface area contributed by atoms with Gasteiger partial charge in [0.2, 0.25) is 6.10 Å². The summed E-state index contributed by atoms with van der Waals surface area (Å²) in [6.07, 6.45) is 0.280. The number of nitro benzene ring substituents is 1. The quantitative estimate of drug-likeness (QED) is 0.384. The van der Waals surface area contributed by atoms with Gasteiger partial charge in [0.1, 0.15) is 11.4 Å². The number of carbonyl (C=O) groups excluding carboxylic acids is 2. The number of esters is 1. The summed E-state index contributed by atoms with van der Waals surface area (Å²) < 4.78 is 5.39. The van der Waals surface area contributed by atoms with Crippen molar-refractivity contribution in [1.82, 2.24) is 4.98 Å². The topological polar surface area (TPSA) is 114 Å². The first kappa shape index (κ1) is 18.8. The van der Waals surface area contributed by atoms with Gasteiger partial charge >= 0.3 is 5.97 Å². The van der Waals surface area contributed by atoms with Crippen LogP contribution >= 0.6 is 0 Å². The lowest BCUT2D eigenvalue weighted by Gasteiger charge is -2.18. The number of nitrogens with one attached hydrogen (secondary N) is 2. The van der Waals surface area contributed by atoms with Gasteiger partial charge in [-0.2, -0.15) is 0 Å². The maximum Gasteiger partial charge on any atom is 0.355 e. The Labute approximate surface area is 160 Å². The number of amides is 1. The third-order valence-corrected chi connectivity index (χ3v) is 3.99. The zero-order valence-corrected chi connectivity index (χ0v) is 14.9. The van der Waals surface area contributed by atoms with E-state index in [4.69, 9.17) is 4.74 Å². The molecule has 142 valence electrons. The van der Waals surface area contributed by atoms with Gasteiger partial charge < -0.3 is 15.0 Å². The molecule has 8 nitrogen and oxygen atoms in total.